The number of hydrogen-bond donors (Lipinski definition) is 0. The largest absolute Gasteiger partial charge is 0.298 e. The van der Waals surface area contributed by atoms with Gasteiger partial charge in [0.15, 0.2) is 5.78 Å². The van der Waals surface area contributed by atoms with Crippen LogP contribution in [0.25, 0.3) is 0 Å². The highest BCUT2D eigenvalue weighted by atomic mass is 16.1. The van der Waals surface area contributed by atoms with Gasteiger partial charge in [-0.25, -0.2) is 0 Å². The summed E-state index contributed by atoms with van der Waals surface area (Å²) in [6.45, 7) is 0. The summed E-state index contributed by atoms with van der Waals surface area (Å²) in [7, 11) is 0. The Bertz CT molecular complexity index is 403. The van der Waals surface area contributed by atoms with Gasteiger partial charge in [-0.15, -0.1) is 0 Å². The third kappa shape index (κ3) is 1.77. The Morgan fingerprint density at radius 3 is 2.00 bits per heavy atom. The van der Waals surface area contributed by atoms with Crippen molar-refractivity contribution in [1.82, 2.24) is 0 Å². The standard InChI is InChI=1S/C17H23NO/c18-9-15(17(19)12-2-1-3-12)16-13-5-10-4-11(7-13)8-14(16)6-10/h10-16H,1-8H2. The number of ketones is 1. The molecule has 0 N–H and O–H groups in total. The molecule has 19 heavy (non-hydrogen) atoms. The normalized spacial score (nSPS) is 45.5. The van der Waals surface area contributed by atoms with Gasteiger partial charge >= 0.3 is 0 Å². The molecule has 0 aliphatic heterocycles. The molecule has 0 radical (unpaired) electrons. The van der Waals surface area contributed by atoms with Crippen molar-refractivity contribution < 1.29 is 4.79 Å². The van der Waals surface area contributed by atoms with Crippen LogP contribution in [0.5, 0.6) is 0 Å². The summed E-state index contributed by atoms with van der Waals surface area (Å²) >= 11 is 0. The number of nitriles is 1. The number of carbonyl (C=O) groups excluding carboxylic acids is 1. The lowest BCUT2D eigenvalue weighted by molar-refractivity contribution is -0.135. The van der Waals surface area contributed by atoms with E-state index in [1.807, 2.05) is 0 Å². The molecule has 2 nitrogen and oxygen atoms in total. The predicted molar refractivity (Wildman–Crippen MR) is 72.0 cm³/mol. The van der Waals surface area contributed by atoms with E-state index in [4.69, 9.17) is 0 Å². The highest BCUT2D eigenvalue weighted by molar-refractivity contribution is 5.86. The fraction of sp³-hybridized carbons (Fsp3) is 0.882. The van der Waals surface area contributed by atoms with Crippen LogP contribution in [-0.4, -0.2) is 5.78 Å². The highest BCUT2D eigenvalue weighted by Crippen LogP contribution is 2.58. The summed E-state index contributed by atoms with van der Waals surface area (Å²) in [5.41, 5.74) is 0. The number of hydrogen-bond acceptors (Lipinski definition) is 2. The summed E-state index contributed by atoms with van der Waals surface area (Å²) < 4.78 is 0. The van der Waals surface area contributed by atoms with Crippen molar-refractivity contribution in [2.45, 2.75) is 51.4 Å². The van der Waals surface area contributed by atoms with Gasteiger partial charge in [-0.2, -0.15) is 5.26 Å². The molecule has 1 atom stereocenters. The summed E-state index contributed by atoms with van der Waals surface area (Å²) in [5.74, 6) is 3.96. The first-order chi connectivity index (χ1) is 9.26. The van der Waals surface area contributed by atoms with E-state index < -0.39 is 0 Å². The average Bonchev–Trinajstić information content (AvgIpc) is 2.30. The van der Waals surface area contributed by atoms with E-state index in [0.29, 0.717) is 23.5 Å². The number of Topliss-reactive ketones (excluding diaryl/α,β-unsaturated/α-hetero) is 1. The van der Waals surface area contributed by atoms with Crippen LogP contribution in [0, 0.1) is 52.8 Å². The molecule has 4 bridgehead atoms. The Kier molecular flexibility index (Phi) is 2.72. The smallest absolute Gasteiger partial charge is 0.153 e. The van der Waals surface area contributed by atoms with Crippen molar-refractivity contribution in [1.29, 1.82) is 5.26 Å². The Balaban J connectivity index is 1.57. The number of carbonyl (C=O) groups is 1. The zero-order valence-electron chi connectivity index (χ0n) is 11.6. The zero-order valence-corrected chi connectivity index (χ0v) is 11.6. The van der Waals surface area contributed by atoms with E-state index in [0.717, 1.165) is 24.7 Å². The van der Waals surface area contributed by atoms with Crippen LogP contribution in [0.1, 0.15) is 51.4 Å². The van der Waals surface area contributed by atoms with Gasteiger partial charge in [0, 0.05) is 5.92 Å². The topological polar surface area (TPSA) is 40.9 Å². The van der Waals surface area contributed by atoms with Crippen molar-refractivity contribution in [2.75, 3.05) is 0 Å². The van der Waals surface area contributed by atoms with Crippen molar-refractivity contribution in [3.8, 4) is 6.07 Å². The monoisotopic (exact) mass is 257 g/mol. The van der Waals surface area contributed by atoms with Crippen molar-refractivity contribution in [2.24, 2.45) is 41.4 Å². The average molecular weight is 257 g/mol. The first kappa shape index (κ1) is 11.9. The highest BCUT2D eigenvalue weighted by Gasteiger charge is 2.52. The lowest BCUT2D eigenvalue weighted by atomic mass is 9.49. The van der Waals surface area contributed by atoms with Gasteiger partial charge in [0.25, 0.3) is 0 Å². The van der Waals surface area contributed by atoms with Gasteiger partial charge in [-0.1, -0.05) is 6.42 Å². The van der Waals surface area contributed by atoms with Crippen LogP contribution in [0.4, 0.5) is 0 Å². The first-order valence-corrected chi connectivity index (χ1v) is 8.19. The minimum absolute atomic E-state index is 0.238. The molecule has 0 heterocycles. The second kappa shape index (κ2) is 4.33. The second-order valence-corrected chi connectivity index (χ2v) is 7.65. The van der Waals surface area contributed by atoms with E-state index in [1.165, 1.54) is 38.5 Å². The van der Waals surface area contributed by atoms with Crippen LogP contribution in [0.15, 0.2) is 0 Å². The molecule has 0 amide bonds. The van der Waals surface area contributed by atoms with Gasteiger partial charge in [0.2, 0.25) is 0 Å². The van der Waals surface area contributed by atoms with Crippen LogP contribution >= 0.6 is 0 Å². The van der Waals surface area contributed by atoms with Gasteiger partial charge < -0.3 is 0 Å². The molecular formula is C17H23NO. The number of rotatable bonds is 3. The summed E-state index contributed by atoms with van der Waals surface area (Å²) in [6, 6.07) is 2.43. The van der Waals surface area contributed by atoms with Crippen LogP contribution in [0.3, 0.4) is 0 Å². The molecule has 5 aliphatic carbocycles. The van der Waals surface area contributed by atoms with Crippen molar-refractivity contribution in [3.63, 3.8) is 0 Å². The summed E-state index contributed by atoms with van der Waals surface area (Å²) in [4.78, 5) is 12.6. The Morgan fingerprint density at radius 1 is 1.00 bits per heavy atom. The zero-order chi connectivity index (χ0) is 13.0. The minimum atomic E-state index is -0.264. The molecule has 2 heteroatoms. The molecule has 0 aromatic carbocycles. The van der Waals surface area contributed by atoms with E-state index in [9.17, 15) is 10.1 Å². The molecule has 1 unspecified atom stereocenters. The first-order valence-electron chi connectivity index (χ1n) is 8.19. The van der Waals surface area contributed by atoms with E-state index in [2.05, 4.69) is 6.07 Å². The lowest BCUT2D eigenvalue weighted by Gasteiger charge is -2.55. The molecule has 5 rings (SSSR count). The predicted octanol–water partition coefficient (Wildman–Crippen LogP) is 3.57. The molecule has 5 fully saturated rings. The fourth-order valence-electron chi connectivity index (χ4n) is 5.80. The quantitative estimate of drug-likeness (QED) is 0.775. The van der Waals surface area contributed by atoms with E-state index >= 15 is 0 Å². The maximum absolute atomic E-state index is 12.6. The second-order valence-electron chi connectivity index (χ2n) is 7.65. The van der Waals surface area contributed by atoms with Gasteiger partial charge in [0.1, 0.15) is 5.92 Å². The van der Waals surface area contributed by atoms with Gasteiger partial charge in [0.05, 0.1) is 6.07 Å². The van der Waals surface area contributed by atoms with Gasteiger partial charge in [-0.3, -0.25) is 4.79 Å². The maximum Gasteiger partial charge on any atom is 0.153 e. The van der Waals surface area contributed by atoms with Crippen molar-refractivity contribution >= 4 is 5.78 Å². The molecule has 0 saturated heterocycles. The molecule has 0 aromatic rings. The van der Waals surface area contributed by atoms with E-state index in [-0.39, 0.29) is 11.8 Å². The number of nitrogens with zero attached hydrogens (tertiary/aromatic N) is 1. The molecule has 0 aromatic heterocycles. The third-order valence-corrected chi connectivity index (χ3v) is 6.64. The Labute approximate surface area is 115 Å². The molecule has 5 saturated carbocycles. The molecule has 5 aliphatic rings. The lowest BCUT2D eigenvalue weighted by Crippen LogP contribution is -2.49. The SMILES string of the molecule is N#CC(C(=O)C1CCC1)C1C2CC3CC(C2)CC1C3. The van der Waals surface area contributed by atoms with Crippen LogP contribution in [-0.2, 0) is 4.79 Å². The summed E-state index contributed by atoms with van der Waals surface area (Å²) in [5, 5.41) is 9.58. The maximum atomic E-state index is 12.6. The fourth-order valence-corrected chi connectivity index (χ4v) is 5.80. The summed E-state index contributed by atoms with van der Waals surface area (Å²) in [6.07, 6.45) is 9.97. The van der Waals surface area contributed by atoms with Crippen molar-refractivity contribution in [3.05, 3.63) is 0 Å². The molecular weight excluding hydrogens is 234 g/mol. The van der Waals surface area contributed by atoms with Crippen LogP contribution in [0.2, 0.25) is 0 Å². The van der Waals surface area contributed by atoms with Gasteiger partial charge in [-0.05, 0) is 74.5 Å². The van der Waals surface area contributed by atoms with E-state index in [1.54, 1.807) is 0 Å². The van der Waals surface area contributed by atoms with Crippen LogP contribution < -0.4 is 0 Å². The third-order valence-electron chi connectivity index (χ3n) is 6.64. The molecule has 102 valence electrons. The molecule has 0 spiro atoms. The Morgan fingerprint density at radius 2 is 1.58 bits per heavy atom. The Hall–Kier alpha value is -0.840. The minimum Gasteiger partial charge on any atom is -0.298 e.